The number of aromatic nitrogens is 3. The molecule has 3 aromatic rings. The lowest BCUT2D eigenvalue weighted by Crippen LogP contribution is -2.26. The molecule has 0 saturated carbocycles. The van der Waals surface area contributed by atoms with Gasteiger partial charge in [0.1, 0.15) is 12.2 Å². The first-order chi connectivity index (χ1) is 11.9. The van der Waals surface area contributed by atoms with E-state index < -0.39 is 0 Å². The number of hydrogen-bond donors (Lipinski definition) is 0. The molecular weight excluding hydrogens is 296 g/mol. The molecule has 0 fully saturated rings. The van der Waals surface area contributed by atoms with Crippen molar-refractivity contribution in [1.29, 1.82) is 0 Å². The van der Waals surface area contributed by atoms with Crippen LogP contribution in [0.15, 0.2) is 48.8 Å². The van der Waals surface area contributed by atoms with E-state index in [4.69, 9.17) is 0 Å². The van der Waals surface area contributed by atoms with Crippen LogP contribution in [0.5, 0.6) is 0 Å². The molecule has 1 aromatic heterocycles. The smallest absolute Gasteiger partial charge is 0.134 e. The molecule has 0 spiro atoms. The van der Waals surface area contributed by atoms with Gasteiger partial charge < -0.3 is 4.57 Å². The molecule has 0 atom stereocenters. The summed E-state index contributed by atoms with van der Waals surface area (Å²) in [5, 5.41) is 8.22. The Hall–Kier alpha value is -2.46. The van der Waals surface area contributed by atoms with Gasteiger partial charge in [0, 0.05) is 32.6 Å². The van der Waals surface area contributed by atoms with E-state index in [9.17, 15) is 0 Å². The summed E-state index contributed by atoms with van der Waals surface area (Å²) >= 11 is 0. The van der Waals surface area contributed by atoms with Gasteiger partial charge in [-0.3, -0.25) is 4.90 Å². The number of hydrogen-bond acceptors (Lipinski definition) is 3. The van der Waals surface area contributed by atoms with E-state index in [2.05, 4.69) is 62.1 Å². The molecule has 0 amide bonds. The molecule has 24 heavy (non-hydrogen) atoms. The highest BCUT2D eigenvalue weighted by atomic mass is 15.3. The predicted octanol–water partition coefficient (Wildman–Crippen LogP) is 2.91. The SMILES string of the molecule is c1ccc2c(c1)Cc1cc(CN3CCc4nncn4CC3)ccc1-2. The molecule has 1 aliphatic heterocycles. The van der Waals surface area contributed by atoms with Crippen molar-refractivity contribution in [3.05, 3.63) is 71.3 Å². The van der Waals surface area contributed by atoms with Gasteiger partial charge in [-0.05, 0) is 34.2 Å². The van der Waals surface area contributed by atoms with Crippen molar-refractivity contribution in [3.8, 4) is 11.1 Å². The normalized spacial score (nSPS) is 16.3. The Bertz CT molecular complexity index is 874. The zero-order valence-corrected chi connectivity index (χ0v) is 13.7. The van der Waals surface area contributed by atoms with Gasteiger partial charge in [0.15, 0.2) is 0 Å². The molecule has 0 bridgehead atoms. The topological polar surface area (TPSA) is 34.0 Å². The molecule has 0 N–H and O–H groups in total. The van der Waals surface area contributed by atoms with Gasteiger partial charge in [0.05, 0.1) is 0 Å². The maximum absolute atomic E-state index is 4.21. The first kappa shape index (κ1) is 13.9. The summed E-state index contributed by atoms with van der Waals surface area (Å²) in [5.74, 6) is 1.11. The lowest BCUT2D eigenvalue weighted by Gasteiger charge is -2.20. The van der Waals surface area contributed by atoms with E-state index in [-0.39, 0.29) is 0 Å². The molecule has 4 nitrogen and oxygen atoms in total. The minimum atomic E-state index is 0.983. The maximum Gasteiger partial charge on any atom is 0.134 e. The van der Waals surface area contributed by atoms with Crippen molar-refractivity contribution < 1.29 is 0 Å². The van der Waals surface area contributed by atoms with E-state index in [0.29, 0.717) is 0 Å². The Kier molecular flexibility index (Phi) is 3.23. The first-order valence-corrected chi connectivity index (χ1v) is 8.66. The third kappa shape index (κ3) is 2.34. The number of benzene rings is 2. The van der Waals surface area contributed by atoms with Crippen LogP contribution in [0.3, 0.4) is 0 Å². The van der Waals surface area contributed by atoms with E-state index in [1.165, 1.54) is 27.8 Å². The standard InChI is InChI=1S/C20H20N4/c1-2-4-18-16(3-1)12-17-11-15(5-6-19(17)18)13-23-8-7-20-22-21-14-24(20)10-9-23/h1-6,11,14H,7-10,12-13H2. The zero-order chi connectivity index (χ0) is 15.9. The Morgan fingerprint density at radius 1 is 0.917 bits per heavy atom. The van der Waals surface area contributed by atoms with Crippen molar-refractivity contribution in [2.45, 2.75) is 25.9 Å². The molecule has 2 heterocycles. The van der Waals surface area contributed by atoms with Crippen LogP contribution in [0.1, 0.15) is 22.5 Å². The third-order valence-electron chi connectivity index (χ3n) is 5.27. The van der Waals surface area contributed by atoms with E-state index in [0.717, 1.165) is 44.8 Å². The van der Waals surface area contributed by atoms with Crippen molar-refractivity contribution in [2.24, 2.45) is 0 Å². The molecule has 0 saturated heterocycles. The summed E-state index contributed by atoms with van der Waals surface area (Å²) in [5.41, 5.74) is 7.17. The Labute approximate surface area is 141 Å². The van der Waals surface area contributed by atoms with E-state index >= 15 is 0 Å². The van der Waals surface area contributed by atoms with Gasteiger partial charge in [-0.15, -0.1) is 10.2 Å². The molecule has 120 valence electrons. The molecule has 0 radical (unpaired) electrons. The Morgan fingerprint density at radius 3 is 2.83 bits per heavy atom. The summed E-state index contributed by atoms with van der Waals surface area (Å²) in [6.45, 7) is 4.11. The average molecular weight is 316 g/mol. The van der Waals surface area contributed by atoms with Gasteiger partial charge in [-0.1, -0.05) is 42.5 Å². The summed E-state index contributed by atoms with van der Waals surface area (Å²) < 4.78 is 2.18. The zero-order valence-electron chi connectivity index (χ0n) is 13.7. The second kappa shape index (κ2) is 5.56. The number of nitrogens with zero attached hydrogens (tertiary/aromatic N) is 4. The minimum Gasteiger partial charge on any atom is -0.316 e. The molecule has 1 aliphatic carbocycles. The van der Waals surface area contributed by atoms with Crippen LogP contribution in [0.2, 0.25) is 0 Å². The molecule has 4 heteroatoms. The summed E-state index contributed by atoms with van der Waals surface area (Å²) in [4.78, 5) is 2.53. The molecule has 2 aromatic carbocycles. The minimum absolute atomic E-state index is 0.983. The van der Waals surface area contributed by atoms with E-state index in [1.54, 1.807) is 0 Å². The summed E-state index contributed by atoms with van der Waals surface area (Å²) in [6, 6.07) is 15.8. The molecule has 5 rings (SSSR count). The average Bonchev–Trinajstić information content (AvgIpc) is 3.16. The molecular formula is C20H20N4. The fourth-order valence-corrected chi connectivity index (χ4v) is 3.99. The molecule has 0 unspecified atom stereocenters. The second-order valence-corrected chi connectivity index (χ2v) is 6.79. The van der Waals surface area contributed by atoms with Gasteiger partial charge in [-0.25, -0.2) is 0 Å². The van der Waals surface area contributed by atoms with Gasteiger partial charge in [0.2, 0.25) is 0 Å². The fourth-order valence-electron chi connectivity index (χ4n) is 3.99. The van der Waals surface area contributed by atoms with Crippen molar-refractivity contribution in [2.75, 3.05) is 13.1 Å². The van der Waals surface area contributed by atoms with Crippen molar-refractivity contribution in [1.82, 2.24) is 19.7 Å². The highest BCUT2D eigenvalue weighted by Crippen LogP contribution is 2.36. The highest BCUT2D eigenvalue weighted by molar-refractivity contribution is 5.76. The largest absolute Gasteiger partial charge is 0.316 e. The number of fused-ring (bicyclic) bond motifs is 4. The number of rotatable bonds is 2. The van der Waals surface area contributed by atoms with Gasteiger partial charge in [0.25, 0.3) is 0 Å². The lowest BCUT2D eigenvalue weighted by molar-refractivity contribution is 0.271. The van der Waals surface area contributed by atoms with Crippen LogP contribution in [0.4, 0.5) is 0 Å². The van der Waals surface area contributed by atoms with Gasteiger partial charge in [-0.2, -0.15) is 0 Å². The highest BCUT2D eigenvalue weighted by Gasteiger charge is 2.19. The third-order valence-corrected chi connectivity index (χ3v) is 5.27. The summed E-state index contributed by atoms with van der Waals surface area (Å²) in [7, 11) is 0. The Morgan fingerprint density at radius 2 is 1.83 bits per heavy atom. The van der Waals surface area contributed by atoms with Crippen molar-refractivity contribution in [3.63, 3.8) is 0 Å². The lowest BCUT2D eigenvalue weighted by atomic mass is 10.0. The van der Waals surface area contributed by atoms with Crippen LogP contribution in [0, 0.1) is 0 Å². The Balaban J connectivity index is 1.34. The van der Waals surface area contributed by atoms with Crippen LogP contribution in [0.25, 0.3) is 11.1 Å². The molecule has 2 aliphatic rings. The van der Waals surface area contributed by atoms with Gasteiger partial charge >= 0.3 is 0 Å². The van der Waals surface area contributed by atoms with Crippen molar-refractivity contribution >= 4 is 0 Å². The van der Waals surface area contributed by atoms with Crippen LogP contribution in [-0.2, 0) is 25.9 Å². The predicted molar refractivity (Wildman–Crippen MR) is 93.7 cm³/mol. The van der Waals surface area contributed by atoms with Crippen LogP contribution >= 0.6 is 0 Å². The van der Waals surface area contributed by atoms with Crippen LogP contribution < -0.4 is 0 Å². The monoisotopic (exact) mass is 316 g/mol. The van der Waals surface area contributed by atoms with Crippen LogP contribution in [-0.4, -0.2) is 32.8 Å². The summed E-state index contributed by atoms with van der Waals surface area (Å²) in [6.07, 6.45) is 3.90. The first-order valence-electron chi connectivity index (χ1n) is 8.66. The second-order valence-electron chi connectivity index (χ2n) is 6.79. The van der Waals surface area contributed by atoms with E-state index in [1.807, 2.05) is 6.33 Å². The maximum atomic E-state index is 4.21. The fraction of sp³-hybridized carbons (Fsp3) is 0.300. The quantitative estimate of drug-likeness (QED) is 0.570.